The van der Waals surface area contributed by atoms with Crippen molar-refractivity contribution in [3.63, 3.8) is 0 Å². The van der Waals surface area contributed by atoms with Gasteiger partial charge in [-0.1, -0.05) is 30.3 Å². The van der Waals surface area contributed by atoms with E-state index in [9.17, 15) is 0 Å². The van der Waals surface area contributed by atoms with Crippen LogP contribution in [0.4, 0.5) is 5.69 Å². The monoisotopic (exact) mass is 268 g/mol. The minimum atomic E-state index is 0.740. The third-order valence-electron chi connectivity index (χ3n) is 2.63. The van der Waals surface area contributed by atoms with Crippen LogP contribution in [0.5, 0.6) is 0 Å². The van der Waals surface area contributed by atoms with E-state index in [-0.39, 0.29) is 0 Å². The van der Waals surface area contributed by atoms with Gasteiger partial charge in [0.15, 0.2) is 5.82 Å². The summed E-state index contributed by atoms with van der Waals surface area (Å²) in [7, 11) is 0. The third-order valence-corrected chi connectivity index (χ3v) is 3.41. The standard InChI is InChI=1S/C14H12N4S/c1-2-4-11(5-3-1)14-17-6-12(7-18-14)16-9-13-8-15-10-19-13/h1-8,10,16H,9H2. The van der Waals surface area contributed by atoms with Crippen molar-refractivity contribution >= 4 is 17.0 Å². The van der Waals surface area contributed by atoms with Crippen LogP contribution in [-0.2, 0) is 6.54 Å². The molecule has 0 aliphatic heterocycles. The molecule has 3 aromatic rings. The Bertz CT molecular complexity index is 620. The second kappa shape index (κ2) is 5.58. The molecule has 0 aliphatic rings. The minimum absolute atomic E-state index is 0.740. The van der Waals surface area contributed by atoms with E-state index < -0.39 is 0 Å². The van der Waals surface area contributed by atoms with Crippen LogP contribution in [0.25, 0.3) is 11.4 Å². The van der Waals surface area contributed by atoms with Gasteiger partial charge < -0.3 is 5.32 Å². The maximum absolute atomic E-state index is 4.36. The van der Waals surface area contributed by atoms with E-state index in [0.29, 0.717) is 0 Å². The zero-order valence-corrected chi connectivity index (χ0v) is 11.0. The third kappa shape index (κ3) is 2.95. The van der Waals surface area contributed by atoms with Gasteiger partial charge in [-0.15, -0.1) is 11.3 Å². The molecule has 2 heterocycles. The summed E-state index contributed by atoms with van der Waals surface area (Å²) in [5, 5.41) is 3.27. The van der Waals surface area contributed by atoms with Crippen molar-refractivity contribution in [2.75, 3.05) is 5.32 Å². The van der Waals surface area contributed by atoms with E-state index in [1.54, 1.807) is 23.7 Å². The van der Waals surface area contributed by atoms with Crippen molar-refractivity contribution in [1.29, 1.82) is 0 Å². The van der Waals surface area contributed by atoms with Gasteiger partial charge in [-0.25, -0.2) is 9.97 Å². The molecule has 0 fully saturated rings. The smallest absolute Gasteiger partial charge is 0.159 e. The summed E-state index contributed by atoms with van der Waals surface area (Å²) in [6, 6.07) is 9.94. The van der Waals surface area contributed by atoms with E-state index >= 15 is 0 Å². The molecule has 0 aliphatic carbocycles. The molecule has 0 spiro atoms. The molecular weight excluding hydrogens is 256 g/mol. The van der Waals surface area contributed by atoms with Gasteiger partial charge in [0.2, 0.25) is 0 Å². The Kier molecular flexibility index (Phi) is 3.47. The van der Waals surface area contributed by atoms with E-state index in [1.165, 1.54) is 4.88 Å². The van der Waals surface area contributed by atoms with Crippen molar-refractivity contribution in [2.24, 2.45) is 0 Å². The molecular formula is C14H12N4S. The maximum atomic E-state index is 4.36. The van der Waals surface area contributed by atoms with Gasteiger partial charge in [0.05, 0.1) is 30.1 Å². The molecule has 0 amide bonds. The molecule has 2 aromatic heterocycles. The number of anilines is 1. The fraction of sp³-hybridized carbons (Fsp3) is 0.0714. The second-order valence-electron chi connectivity index (χ2n) is 3.98. The maximum Gasteiger partial charge on any atom is 0.159 e. The Morgan fingerprint density at radius 1 is 1.00 bits per heavy atom. The highest BCUT2D eigenvalue weighted by atomic mass is 32.1. The first-order valence-corrected chi connectivity index (χ1v) is 6.78. The number of nitrogens with one attached hydrogen (secondary N) is 1. The van der Waals surface area contributed by atoms with Crippen LogP contribution in [0.2, 0.25) is 0 Å². The van der Waals surface area contributed by atoms with E-state index in [0.717, 1.165) is 23.6 Å². The zero-order chi connectivity index (χ0) is 12.9. The Labute approximate surface area is 115 Å². The van der Waals surface area contributed by atoms with Crippen LogP contribution in [0.3, 0.4) is 0 Å². The topological polar surface area (TPSA) is 50.7 Å². The highest BCUT2D eigenvalue weighted by molar-refractivity contribution is 7.09. The fourth-order valence-corrected chi connectivity index (χ4v) is 2.21. The zero-order valence-electron chi connectivity index (χ0n) is 10.2. The molecule has 0 bridgehead atoms. The number of benzene rings is 1. The lowest BCUT2D eigenvalue weighted by atomic mass is 10.2. The molecule has 0 radical (unpaired) electrons. The Balaban J connectivity index is 1.69. The molecule has 1 N–H and O–H groups in total. The molecule has 4 nitrogen and oxygen atoms in total. The highest BCUT2D eigenvalue weighted by Crippen LogP contribution is 2.15. The second-order valence-corrected chi connectivity index (χ2v) is 4.95. The molecule has 5 heteroatoms. The van der Waals surface area contributed by atoms with Gasteiger partial charge >= 0.3 is 0 Å². The predicted octanol–water partition coefficient (Wildman–Crippen LogP) is 3.21. The van der Waals surface area contributed by atoms with Crippen molar-refractivity contribution in [2.45, 2.75) is 6.54 Å². The number of aromatic nitrogens is 3. The molecule has 19 heavy (non-hydrogen) atoms. The SMILES string of the molecule is c1ccc(-c2ncc(NCc3cncs3)cn2)cc1. The summed E-state index contributed by atoms with van der Waals surface area (Å²) >= 11 is 1.63. The predicted molar refractivity (Wildman–Crippen MR) is 76.9 cm³/mol. The number of nitrogens with zero attached hydrogens (tertiary/aromatic N) is 3. The van der Waals surface area contributed by atoms with Gasteiger partial charge in [-0.3, -0.25) is 4.98 Å². The van der Waals surface area contributed by atoms with Crippen LogP contribution in [0.15, 0.2) is 54.4 Å². The van der Waals surface area contributed by atoms with E-state index in [2.05, 4.69) is 20.3 Å². The van der Waals surface area contributed by atoms with E-state index in [1.807, 2.05) is 42.0 Å². The lowest BCUT2D eigenvalue weighted by Gasteiger charge is -2.04. The largest absolute Gasteiger partial charge is 0.378 e. The van der Waals surface area contributed by atoms with Crippen LogP contribution in [0, 0.1) is 0 Å². The molecule has 0 saturated heterocycles. The van der Waals surface area contributed by atoms with Gasteiger partial charge in [0.25, 0.3) is 0 Å². The lowest BCUT2D eigenvalue weighted by molar-refractivity contribution is 1.12. The Morgan fingerprint density at radius 2 is 1.79 bits per heavy atom. The fourth-order valence-electron chi connectivity index (χ4n) is 1.67. The first-order chi connectivity index (χ1) is 9.42. The normalized spacial score (nSPS) is 10.3. The van der Waals surface area contributed by atoms with Crippen molar-refractivity contribution < 1.29 is 0 Å². The molecule has 94 valence electrons. The van der Waals surface area contributed by atoms with Gasteiger partial charge in [-0.2, -0.15) is 0 Å². The molecule has 3 rings (SSSR count). The summed E-state index contributed by atoms with van der Waals surface area (Å²) < 4.78 is 0. The van der Waals surface area contributed by atoms with Crippen molar-refractivity contribution in [1.82, 2.24) is 15.0 Å². The Morgan fingerprint density at radius 3 is 2.47 bits per heavy atom. The summed E-state index contributed by atoms with van der Waals surface area (Å²) in [4.78, 5) is 13.9. The Hall–Kier alpha value is -2.27. The summed E-state index contributed by atoms with van der Waals surface area (Å²) in [6.07, 6.45) is 5.46. The van der Waals surface area contributed by atoms with Gasteiger partial charge in [-0.05, 0) is 0 Å². The van der Waals surface area contributed by atoms with Gasteiger partial charge in [0.1, 0.15) is 0 Å². The van der Waals surface area contributed by atoms with Crippen LogP contribution in [-0.4, -0.2) is 15.0 Å². The summed E-state index contributed by atoms with van der Waals surface area (Å²) in [5.74, 6) is 0.740. The first-order valence-electron chi connectivity index (χ1n) is 5.90. The number of hydrogen-bond donors (Lipinski definition) is 1. The highest BCUT2D eigenvalue weighted by Gasteiger charge is 2.01. The number of thiazole rings is 1. The van der Waals surface area contributed by atoms with Crippen LogP contribution >= 0.6 is 11.3 Å². The van der Waals surface area contributed by atoms with E-state index in [4.69, 9.17) is 0 Å². The average Bonchev–Trinajstić information content (AvgIpc) is 3.00. The quantitative estimate of drug-likeness (QED) is 0.789. The number of rotatable bonds is 4. The lowest BCUT2D eigenvalue weighted by Crippen LogP contribution is -1.99. The van der Waals surface area contributed by atoms with Crippen molar-refractivity contribution in [3.8, 4) is 11.4 Å². The molecule has 0 unspecified atom stereocenters. The molecule has 0 saturated carbocycles. The minimum Gasteiger partial charge on any atom is -0.378 e. The number of hydrogen-bond acceptors (Lipinski definition) is 5. The van der Waals surface area contributed by atoms with Crippen LogP contribution in [0.1, 0.15) is 4.88 Å². The summed E-state index contributed by atoms with van der Waals surface area (Å²) in [6.45, 7) is 0.749. The summed E-state index contributed by atoms with van der Waals surface area (Å²) in [5.41, 5.74) is 3.76. The average molecular weight is 268 g/mol. The van der Waals surface area contributed by atoms with Crippen LogP contribution < -0.4 is 5.32 Å². The molecule has 0 atom stereocenters. The van der Waals surface area contributed by atoms with Gasteiger partial charge in [0, 0.05) is 16.6 Å². The molecule has 1 aromatic carbocycles. The first kappa shape index (κ1) is 11.8. The van der Waals surface area contributed by atoms with Crippen molar-refractivity contribution in [3.05, 3.63) is 59.3 Å².